The van der Waals surface area contributed by atoms with Crippen LogP contribution >= 0.6 is 35.4 Å². The van der Waals surface area contributed by atoms with E-state index in [1.807, 2.05) is 29.2 Å². The van der Waals surface area contributed by atoms with Crippen molar-refractivity contribution in [2.75, 3.05) is 36.4 Å². The van der Waals surface area contributed by atoms with Crippen molar-refractivity contribution >= 4 is 69.8 Å². The van der Waals surface area contributed by atoms with Crippen LogP contribution in [0.3, 0.4) is 0 Å². The summed E-state index contributed by atoms with van der Waals surface area (Å²) in [6.07, 6.45) is 3.48. The van der Waals surface area contributed by atoms with Gasteiger partial charge in [-0.3, -0.25) is 14.9 Å². The van der Waals surface area contributed by atoms with Crippen molar-refractivity contribution in [2.45, 2.75) is 20.3 Å². The van der Waals surface area contributed by atoms with Crippen LogP contribution in [0.25, 0.3) is 17.4 Å². The van der Waals surface area contributed by atoms with Crippen LogP contribution in [0.4, 0.5) is 11.4 Å². The maximum atomic E-state index is 12.3. The van der Waals surface area contributed by atoms with Gasteiger partial charge >= 0.3 is 0 Å². The fourth-order valence-corrected chi connectivity index (χ4v) is 4.82. The first-order chi connectivity index (χ1) is 18.7. The van der Waals surface area contributed by atoms with Crippen LogP contribution in [-0.4, -0.2) is 48.0 Å². The highest BCUT2D eigenvalue weighted by molar-refractivity contribution is 7.80. The number of anilines is 2. The van der Waals surface area contributed by atoms with Crippen LogP contribution < -0.4 is 15.5 Å². The molecule has 1 fully saturated rings. The summed E-state index contributed by atoms with van der Waals surface area (Å²) < 4.78 is 5.77. The number of hydrogen-bond acceptors (Lipinski definition) is 5. The first-order valence-electron chi connectivity index (χ1n) is 12.7. The SMILES string of the molecule is CC(C)CC(=O)N1CCN(c2ccc(NC(=S)NC(=O)/C=C/c3ccc(-c4cccc(Cl)c4Cl)o3)cc2)CC1. The third-order valence-corrected chi connectivity index (χ3v) is 7.21. The van der Waals surface area contributed by atoms with Crippen LogP contribution in [0.15, 0.2) is 65.1 Å². The van der Waals surface area contributed by atoms with Crippen LogP contribution in [0.5, 0.6) is 0 Å². The maximum Gasteiger partial charge on any atom is 0.250 e. The number of thiocarbonyl (C=S) groups is 1. The van der Waals surface area contributed by atoms with Crippen LogP contribution in [0.1, 0.15) is 26.0 Å². The lowest BCUT2D eigenvalue weighted by atomic mass is 10.1. The molecule has 2 aromatic carbocycles. The zero-order valence-corrected chi connectivity index (χ0v) is 24.1. The molecule has 4 rings (SSSR count). The van der Waals surface area contributed by atoms with E-state index in [-0.39, 0.29) is 11.0 Å². The van der Waals surface area contributed by atoms with Gasteiger partial charge < -0.3 is 19.5 Å². The average Bonchev–Trinajstić information content (AvgIpc) is 3.38. The number of rotatable bonds is 7. The molecule has 0 radical (unpaired) electrons. The highest BCUT2D eigenvalue weighted by Gasteiger charge is 2.21. The molecular weight excluding hydrogens is 555 g/mol. The molecule has 2 N–H and O–H groups in total. The summed E-state index contributed by atoms with van der Waals surface area (Å²) in [7, 11) is 0. The zero-order chi connectivity index (χ0) is 27.9. The van der Waals surface area contributed by atoms with E-state index in [0.717, 1.165) is 37.6 Å². The topological polar surface area (TPSA) is 77.8 Å². The molecule has 0 atom stereocenters. The van der Waals surface area contributed by atoms with Crippen molar-refractivity contribution in [1.82, 2.24) is 10.2 Å². The predicted octanol–water partition coefficient (Wildman–Crippen LogP) is 6.47. The van der Waals surface area contributed by atoms with Gasteiger partial charge in [-0.1, -0.05) is 43.1 Å². The second-order valence-electron chi connectivity index (χ2n) is 9.59. The first kappa shape index (κ1) is 28.7. The van der Waals surface area contributed by atoms with Crippen LogP contribution in [0.2, 0.25) is 10.0 Å². The lowest BCUT2D eigenvalue weighted by Gasteiger charge is -2.36. The van der Waals surface area contributed by atoms with Crippen molar-refractivity contribution in [1.29, 1.82) is 0 Å². The quantitative estimate of drug-likeness (QED) is 0.244. The number of amides is 2. The van der Waals surface area contributed by atoms with Crippen molar-refractivity contribution in [3.05, 3.63) is 76.5 Å². The van der Waals surface area contributed by atoms with E-state index in [1.54, 1.807) is 36.4 Å². The molecule has 2 heterocycles. The third kappa shape index (κ3) is 7.85. The molecule has 3 aromatic rings. The molecule has 1 aliphatic rings. The number of carbonyl (C=O) groups excluding carboxylic acids is 2. The molecule has 7 nitrogen and oxygen atoms in total. The molecule has 1 aliphatic heterocycles. The maximum absolute atomic E-state index is 12.3. The molecule has 0 spiro atoms. The highest BCUT2D eigenvalue weighted by Crippen LogP contribution is 2.34. The summed E-state index contributed by atoms with van der Waals surface area (Å²) in [5.41, 5.74) is 2.50. The summed E-state index contributed by atoms with van der Waals surface area (Å²) in [6, 6.07) is 16.6. The molecule has 0 saturated carbocycles. The average molecular weight is 586 g/mol. The van der Waals surface area contributed by atoms with E-state index < -0.39 is 5.91 Å². The Labute approximate surface area is 243 Å². The number of benzene rings is 2. The van der Waals surface area contributed by atoms with Gasteiger partial charge in [0.15, 0.2) is 5.11 Å². The van der Waals surface area contributed by atoms with Crippen molar-refractivity contribution in [3.8, 4) is 11.3 Å². The lowest BCUT2D eigenvalue weighted by molar-refractivity contribution is -0.132. The number of piperazine rings is 1. The van der Waals surface area contributed by atoms with E-state index >= 15 is 0 Å². The van der Waals surface area contributed by atoms with Gasteiger partial charge in [0.2, 0.25) is 11.8 Å². The largest absolute Gasteiger partial charge is 0.457 e. The van der Waals surface area contributed by atoms with Gasteiger partial charge in [0, 0.05) is 55.6 Å². The Hall–Kier alpha value is -3.33. The van der Waals surface area contributed by atoms with Gasteiger partial charge in [-0.25, -0.2) is 0 Å². The van der Waals surface area contributed by atoms with Crippen LogP contribution in [0, 0.1) is 5.92 Å². The second-order valence-corrected chi connectivity index (χ2v) is 10.8. The van der Waals surface area contributed by atoms with Gasteiger partial charge in [0.05, 0.1) is 10.0 Å². The van der Waals surface area contributed by atoms with Gasteiger partial charge in [0.1, 0.15) is 11.5 Å². The summed E-state index contributed by atoms with van der Waals surface area (Å²) in [4.78, 5) is 28.9. The molecule has 0 unspecified atom stereocenters. The lowest BCUT2D eigenvalue weighted by Crippen LogP contribution is -2.49. The summed E-state index contributed by atoms with van der Waals surface area (Å²) in [5.74, 6) is 1.23. The van der Waals surface area contributed by atoms with Gasteiger partial charge in [-0.15, -0.1) is 0 Å². The van der Waals surface area contributed by atoms with E-state index in [0.29, 0.717) is 39.5 Å². The monoisotopic (exact) mass is 584 g/mol. The van der Waals surface area contributed by atoms with Crippen molar-refractivity contribution in [3.63, 3.8) is 0 Å². The second kappa shape index (κ2) is 13.2. The van der Waals surface area contributed by atoms with E-state index in [2.05, 4.69) is 29.4 Å². The van der Waals surface area contributed by atoms with Crippen LogP contribution in [-0.2, 0) is 9.59 Å². The van der Waals surface area contributed by atoms with Gasteiger partial charge in [-0.2, -0.15) is 0 Å². The Morgan fingerprint density at radius 1 is 1.03 bits per heavy atom. The predicted molar refractivity (Wildman–Crippen MR) is 162 cm³/mol. The molecule has 0 bridgehead atoms. The molecule has 1 saturated heterocycles. The number of halogens is 2. The summed E-state index contributed by atoms with van der Waals surface area (Å²) in [6.45, 7) is 7.16. The minimum absolute atomic E-state index is 0.181. The molecule has 0 aliphatic carbocycles. The molecule has 204 valence electrons. The van der Waals surface area contributed by atoms with E-state index in [1.165, 1.54) is 6.08 Å². The highest BCUT2D eigenvalue weighted by atomic mass is 35.5. The number of nitrogens with one attached hydrogen (secondary N) is 2. The smallest absolute Gasteiger partial charge is 0.250 e. The van der Waals surface area contributed by atoms with Gasteiger partial charge in [0.25, 0.3) is 0 Å². The number of nitrogens with zero attached hydrogens (tertiary/aromatic N) is 2. The fraction of sp³-hybridized carbons (Fsp3) is 0.276. The van der Waals surface area contributed by atoms with Crippen molar-refractivity contribution < 1.29 is 14.0 Å². The molecule has 1 aromatic heterocycles. The number of carbonyl (C=O) groups is 2. The Morgan fingerprint density at radius 3 is 2.44 bits per heavy atom. The number of furan rings is 1. The molecular formula is C29H30Cl2N4O3S. The minimum atomic E-state index is -0.396. The summed E-state index contributed by atoms with van der Waals surface area (Å²) in [5, 5.41) is 6.67. The minimum Gasteiger partial charge on any atom is -0.457 e. The molecule has 39 heavy (non-hydrogen) atoms. The fourth-order valence-electron chi connectivity index (χ4n) is 4.20. The number of hydrogen-bond donors (Lipinski definition) is 2. The van der Waals surface area contributed by atoms with Gasteiger partial charge in [-0.05, 0) is 72.7 Å². The Balaban J connectivity index is 1.25. The molecule has 10 heteroatoms. The Morgan fingerprint density at radius 2 is 1.74 bits per heavy atom. The van der Waals surface area contributed by atoms with E-state index in [4.69, 9.17) is 39.8 Å². The van der Waals surface area contributed by atoms with E-state index in [9.17, 15) is 9.59 Å². The summed E-state index contributed by atoms with van der Waals surface area (Å²) >= 11 is 17.6. The van der Waals surface area contributed by atoms with Crippen molar-refractivity contribution in [2.24, 2.45) is 5.92 Å². The zero-order valence-electron chi connectivity index (χ0n) is 21.7. The Bertz CT molecular complexity index is 1360. The third-order valence-electron chi connectivity index (χ3n) is 6.19. The first-order valence-corrected chi connectivity index (χ1v) is 13.8. The Kier molecular flexibility index (Phi) is 9.67. The standard InChI is InChI=1S/C29H30Cl2N4O3S/c1-19(2)18-27(37)35-16-14-34(15-17-35)21-8-6-20(7-9-21)32-29(39)33-26(36)13-11-22-10-12-25(38-22)23-4-3-5-24(30)28(23)31/h3-13,19H,14-18H2,1-2H3,(H2,32,33,36,39)/b13-11+. The normalized spacial score (nSPS) is 13.7. The molecule has 2 amide bonds.